The summed E-state index contributed by atoms with van der Waals surface area (Å²) in [5.41, 5.74) is 4.23. The Bertz CT molecular complexity index is 545. The molecular formula is C14H20N4O. The first-order valence-corrected chi connectivity index (χ1v) is 6.42. The average Bonchev–Trinajstić information content (AvgIpc) is 2.65. The van der Waals surface area contributed by atoms with E-state index < -0.39 is 0 Å². The van der Waals surface area contributed by atoms with E-state index in [1.165, 1.54) is 0 Å². The third-order valence-corrected chi connectivity index (χ3v) is 3.15. The lowest BCUT2D eigenvalue weighted by Crippen LogP contribution is -2.11. The molecule has 0 fully saturated rings. The molecular weight excluding hydrogens is 240 g/mol. The zero-order valence-electron chi connectivity index (χ0n) is 11.6. The molecule has 0 spiro atoms. The average molecular weight is 260 g/mol. The number of aliphatic hydroxyl groups excluding tert-OH is 1. The highest BCUT2D eigenvalue weighted by molar-refractivity contribution is 5.46. The van der Waals surface area contributed by atoms with Crippen molar-refractivity contribution >= 4 is 5.82 Å². The molecule has 2 aromatic heterocycles. The van der Waals surface area contributed by atoms with Crippen LogP contribution in [0.5, 0.6) is 0 Å². The second-order valence-electron chi connectivity index (χ2n) is 4.69. The molecule has 0 aliphatic rings. The molecule has 0 bridgehead atoms. The zero-order chi connectivity index (χ0) is 13.8. The molecule has 2 aromatic rings. The van der Waals surface area contributed by atoms with E-state index in [0.29, 0.717) is 13.1 Å². The molecule has 0 amide bonds. The van der Waals surface area contributed by atoms with Crippen LogP contribution < -0.4 is 5.32 Å². The number of aryl methyl sites for hydroxylation is 2. The summed E-state index contributed by atoms with van der Waals surface area (Å²) in [4.78, 5) is 4.36. The molecule has 0 saturated carbocycles. The van der Waals surface area contributed by atoms with E-state index in [1.54, 1.807) is 4.68 Å². The molecule has 19 heavy (non-hydrogen) atoms. The summed E-state index contributed by atoms with van der Waals surface area (Å²) in [6.45, 7) is 7.25. The van der Waals surface area contributed by atoms with Gasteiger partial charge in [-0.2, -0.15) is 5.10 Å². The summed E-state index contributed by atoms with van der Waals surface area (Å²) in [6.07, 6.45) is 1.86. The summed E-state index contributed by atoms with van der Waals surface area (Å²) >= 11 is 0. The lowest BCUT2D eigenvalue weighted by atomic mass is 10.2. The van der Waals surface area contributed by atoms with Gasteiger partial charge in [0.05, 0.1) is 31.1 Å². The minimum atomic E-state index is 0.0814. The van der Waals surface area contributed by atoms with Crippen LogP contribution in [0.1, 0.15) is 22.5 Å². The van der Waals surface area contributed by atoms with E-state index in [4.69, 9.17) is 5.11 Å². The van der Waals surface area contributed by atoms with Crippen LogP contribution in [0.4, 0.5) is 5.82 Å². The second-order valence-corrected chi connectivity index (χ2v) is 4.69. The van der Waals surface area contributed by atoms with Crippen molar-refractivity contribution < 1.29 is 5.11 Å². The molecule has 2 heterocycles. The topological polar surface area (TPSA) is 63.0 Å². The SMILES string of the molecule is Cc1ccc(CNc2c(C)c(C)nn2CCO)nc1. The number of anilines is 1. The highest BCUT2D eigenvalue weighted by atomic mass is 16.3. The lowest BCUT2D eigenvalue weighted by molar-refractivity contribution is 0.270. The van der Waals surface area contributed by atoms with Crippen LogP contribution in [0.2, 0.25) is 0 Å². The number of hydrogen-bond donors (Lipinski definition) is 2. The van der Waals surface area contributed by atoms with Crippen molar-refractivity contribution in [3.8, 4) is 0 Å². The standard InChI is InChI=1S/C14H20N4O/c1-10-4-5-13(15-8-10)9-16-14-11(2)12(3)17-18(14)6-7-19/h4-5,8,16,19H,6-7,9H2,1-3H3. The summed E-state index contributed by atoms with van der Waals surface area (Å²) in [7, 11) is 0. The van der Waals surface area contributed by atoms with Crippen LogP contribution in [-0.4, -0.2) is 26.5 Å². The summed E-state index contributed by atoms with van der Waals surface area (Å²) < 4.78 is 1.80. The van der Waals surface area contributed by atoms with Crippen molar-refractivity contribution in [2.45, 2.75) is 33.9 Å². The second kappa shape index (κ2) is 5.84. The molecule has 2 N–H and O–H groups in total. The first-order chi connectivity index (χ1) is 9.11. The van der Waals surface area contributed by atoms with Crippen LogP contribution in [-0.2, 0) is 13.1 Å². The molecule has 102 valence electrons. The predicted molar refractivity (Wildman–Crippen MR) is 75.1 cm³/mol. The maximum atomic E-state index is 9.06. The number of nitrogens with one attached hydrogen (secondary N) is 1. The van der Waals surface area contributed by atoms with Gasteiger partial charge in [-0.3, -0.25) is 4.98 Å². The Morgan fingerprint density at radius 2 is 2.05 bits per heavy atom. The number of aliphatic hydroxyl groups is 1. The third-order valence-electron chi connectivity index (χ3n) is 3.15. The lowest BCUT2D eigenvalue weighted by Gasteiger charge is -2.10. The predicted octanol–water partition coefficient (Wildman–Crippen LogP) is 1.81. The normalized spacial score (nSPS) is 10.7. The Hall–Kier alpha value is -1.88. The van der Waals surface area contributed by atoms with Crippen LogP contribution in [0, 0.1) is 20.8 Å². The van der Waals surface area contributed by atoms with E-state index in [2.05, 4.69) is 15.4 Å². The number of rotatable bonds is 5. The van der Waals surface area contributed by atoms with Crippen molar-refractivity contribution in [3.63, 3.8) is 0 Å². The van der Waals surface area contributed by atoms with Gasteiger partial charge in [0.25, 0.3) is 0 Å². The Morgan fingerprint density at radius 3 is 2.68 bits per heavy atom. The van der Waals surface area contributed by atoms with Crippen LogP contribution >= 0.6 is 0 Å². The van der Waals surface area contributed by atoms with Gasteiger partial charge in [0.2, 0.25) is 0 Å². The van der Waals surface area contributed by atoms with Gasteiger partial charge in [-0.05, 0) is 32.4 Å². The molecule has 0 radical (unpaired) electrons. The smallest absolute Gasteiger partial charge is 0.127 e. The molecule has 0 aliphatic carbocycles. The number of hydrogen-bond acceptors (Lipinski definition) is 4. The molecule has 0 unspecified atom stereocenters. The van der Waals surface area contributed by atoms with Crippen molar-refractivity contribution in [1.82, 2.24) is 14.8 Å². The Labute approximate surface area is 113 Å². The number of pyridine rings is 1. The van der Waals surface area contributed by atoms with Gasteiger partial charge in [0, 0.05) is 11.8 Å². The summed E-state index contributed by atoms with van der Waals surface area (Å²) in [6, 6.07) is 4.06. The highest BCUT2D eigenvalue weighted by Crippen LogP contribution is 2.18. The van der Waals surface area contributed by atoms with Crippen LogP contribution in [0.25, 0.3) is 0 Å². The molecule has 0 aromatic carbocycles. The fourth-order valence-corrected chi connectivity index (χ4v) is 1.93. The van der Waals surface area contributed by atoms with E-state index in [9.17, 15) is 0 Å². The Kier molecular flexibility index (Phi) is 4.16. The molecule has 0 atom stereocenters. The Morgan fingerprint density at radius 1 is 1.26 bits per heavy atom. The fraction of sp³-hybridized carbons (Fsp3) is 0.429. The maximum Gasteiger partial charge on any atom is 0.127 e. The van der Waals surface area contributed by atoms with E-state index in [1.807, 2.05) is 39.1 Å². The quantitative estimate of drug-likeness (QED) is 0.860. The fourth-order valence-electron chi connectivity index (χ4n) is 1.93. The first-order valence-electron chi connectivity index (χ1n) is 6.42. The molecule has 2 rings (SSSR count). The first kappa shape index (κ1) is 13.5. The molecule has 0 saturated heterocycles. The molecule has 5 nitrogen and oxygen atoms in total. The largest absolute Gasteiger partial charge is 0.394 e. The number of nitrogens with zero attached hydrogens (tertiary/aromatic N) is 3. The van der Waals surface area contributed by atoms with Gasteiger partial charge in [-0.1, -0.05) is 6.07 Å². The molecule has 5 heteroatoms. The maximum absolute atomic E-state index is 9.06. The van der Waals surface area contributed by atoms with Gasteiger partial charge in [0.1, 0.15) is 5.82 Å². The van der Waals surface area contributed by atoms with E-state index in [0.717, 1.165) is 28.3 Å². The van der Waals surface area contributed by atoms with Crippen molar-refractivity contribution in [2.24, 2.45) is 0 Å². The van der Waals surface area contributed by atoms with Crippen molar-refractivity contribution in [3.05, 3.63) is 40.8 Å². The molecule has 0 aliphatic heterocycles. The zero-order valence-corrected chi connectivity index (χ0v) is 11.6. The minimum Gasteiger partial charge on any atom is -0.394 e. The van der Waals surface area contributed by atoms with Crippen LogP contribution in [0.15, 0.2) is 18.3 Å². The monoisotopic (exact) mass is 260 g/mol. The van der Waals surface area contributed by atoms with Crippen molar-refractivity contribution in [1.29, 1.82) is 0 Å². The minimum absolute atomic E-state index is 0.0814. The van der Waals surface area contributed by atoms with E-state index in [-0.39, 0.29) is 6.61 Å². The summed E-state index contributed by atoms with van der Waals surface area (Å²) in [5, 5.41) is 16.8. The van der Waals surface area contributed by atoms with Gasteiger partial charge in [-0.15, -0.1) is 0 Å². The van der Waals surface area contributed by atoms with Crippen molar-refractivity contribution in [2.75, 3.05) is 11.9 Å². The van der Waals surface area contributed by atoms with Gasteiger partial charge in [-0.25, -0.2) is 4.68 Å². The highest BCUT2D eigenvalue weighted by Gasteiger charge is 2.10. The number of aromatic nitrogens is 3. The van der Waals surface area contributed by atoms with E-state index >= 15 is 0 Å². The van der Waals surface area contributed by atoms with Crippen LogP contribution in [0.3, 0.4) is 0 Å². The van der Waals surface area contributed by atoms with Gasteiger partial charge >= 0.3 is 0 Å². The van der Waals surface area contributed by atoms with Gasteiger partial charge < -0.3 is 10.4 Å². The Balaban J connectivity index is 2.12. The van der Waals surface area contributed by atoms with Gasteiger partial charge in [0.15, 0.2) is 0 Å². The third kappa shape index (κ3) is 3.12. The summed E-state index contributed by atoms with van der Waals surface area (Å²) in [5.74, 6) is 0.953.